The third-order valence-electron chi connectivity index (χ3n) is 3.06. The maximum atomic E-state index is 11.7. The van der Waals surface area contributed by atoms with Gasteiger partial charge < -0.3 is 15.3 Å². The van der Waals surface area contributed by atoms with E-state index >= 15 is 0 Å². The summed E-state index contributed by atoms with van der Waals surface area (Å²) in [5.74, 6) is -1.07. The smallest absolute Gasteiger partial charge is 0.329 e. The molecule has 0 aliphatic rings. The van der Waals surface area contributed by atoms with Gasteiger partial charge in [-0.3, -0.25) is 4.21 Å². The number of hydrogen-bond acceptors (Lipinski definition) is 3. The summed E-state index contributed by atoms with van der Waals surface area (Å²) < 4.78 is 11.1. The Kier molecular flexibility index (Phi) is 6.31. The van der Waals surface area contributed by atoms with E-state index in [0.717, 1.165) is 4.90 Å². The van der Waals surface area contributed by atoms with Crippen LogP contribution in [0.5, 0.6) is 0 Å². The molecule has 2 amide bonds. The van der Waals surface area contributed by atoms with Gasteiger partial charge in [-0.25, -0.2) is 9.59 Å². The highest BCUT2D eigenvalue weighted by Gasteiger charge is 2.35. The van der Waals surface area contributed by atoms with E-state index in [4.69, 9.17) is 5.11 Å². The first-order chi connectivity index (χ1) is 8.10. The van der Waals surface area contributed by atoms with Crippen LogP contribution < -0.4 is 5.32 Å². The Hall–Kier alpha value is -1.11. The van der Waals surface area contributed by atoms with Crippen molar-refractivity contribution in [2.45, 2.75) is 38.0 Å². The van der Waals surface area contributed by atoms with Crippen LogP contribution >= 0.6 is 0 Å². The summed E-state index contributed by atoms with van der Waals surface area (Å²) in [7, 11) is 0.516. The Balaban J connectivity index is 4.27. The summed E-state index contributed by atoms with van der Waals surface area (Å²) in [5, 5.41) is 11.6. The number of carboxylic acid groups (broad SMARTS) is 1. The van der Waals surface area contributed by atoms with Gasteiger partial charge in [0.15, 0.2) is 0 Å². The number of rotatable bonds is 6. The topological polar surface area (TPSA) is 86.7 Å². The first kappa shape index (κ1) is 16.9. The van der Waals surface area contributed by atoms with Crippen molar-refractivity contribution in [2.75, 3.05) is 19.8 Å². The Labute approximate surface area is 110 Å². The quantitative estimate of drug-likeness (QED) is 0.747. The lowest BCUT2D eigenvalue weighted by Gasteiger charge is -2.31. The van der Waals surface area contributed by atoms with Crippen LogP contribution in [-0.2, 0) is 15.6 Å². The first-order valence-corrected chi connectivity index (χ1v) is 7.30. The van der Waals surface area contributed by atoms with Crippen molar-refractivity contribution in [3.05, 3.63) is 0 Å². The highest BCUT2D eigenvalue weighted by molar-refractivity contribution is 7.84. The predicted octanol–water partition coefficient (Wildman–Crippen LogP) is 0.648. The molecule has 2 unspecified atom stereocenters. The van der Waals surface area contributed by atoms with E-state index < -0.39 is 28.3 Å². The van der Waals surface area contributed by atoms with Crippen molar-refractivity contribution in [1.29, 1.82) is 0 Å². The zero-order chi connectivity index (χ0) is 14.5. The van der Waals surface area contributed by atoms with Gasteiger partial charge in [0.25, 0.3) is 0 Å². The normalized spacial score (nSPS) is 14.7. The van der Waals surface area contributed by atoms with Gasteiger partial charge in [0, 0.05) is 35.9 Å². The number of nitrogens with zero attached hydrogens (tertiary/aromatic N) is 1. The zero-order valence-corrected chi connectivity index (χ0v) is 12.3. The largest absolute Gasteiger partial charge is 0.480 e. The SMILES string of the molecule is CC(CCNC(=O)N(C)C(C)(C)C(=O)O)S(C)=O. The molecule has 0 rings (SSSR count). The Bertz CT molecular complexity index is 344. The summed E-state index contributed by atoms with van der Waals surface area (Å²) in [6.45, 7) is 5.13. The molecule has 0 aliphatic carbocycles. The van der Waals surface area contributed by atoms with Gasteiger partial charge in [0.2, 0.25) is 0 Å². The molecule has 0 fully saturated rings. The third-order valence-corrected chi connectivity index (χ3v) is 4.43. The number of nitrogens with one attached hydrogen (secondary N) is 1. The molecular weight excluding hydrogens is 256 g/mol. The third kappa shape index (κ3) is 4.64. The van der Waals surface area contributed by atoms with E-state index in [1.807, 2.05) is 6.92 Å². The minimum Gasteiger partial charge on any atom is -0.480 e. The monoisotopic (exact) mass is 278 g/mol. The van der Waals surface area contributed by atoms with Crippen molar-refractivity contribution in [1.82, 2.24) is 10.2 Å². The van der Waals surface area contributed by atoms with E-state index in [0.29, 0.717) is 13.0 Å². The zero-order valence-electron chi connectivity index (χ0n) is 11.5. The average molecular weight is 278 g/mol. The van der Waals surface area contributed by atoms with Crippen LogP contribution in [0.2, 0.25) is 0 Å². The number of hydrogen-bond donors (Lipinski definition) is 2. The lowest BCUT2D eigenvalue weighted by Crippen LogP contribution is -2.54. The van der Waals surface area contributed by atoms with Crippen molar-refractivity contribution >= 4 is 22.8 Å². The van der Waals surface area contributed by atoms with E-state index in [-0.39, 0.29) is 5.25 Å². The maximum Gasteiger partial charge on any atom is 0.329 e. The van der Waals surface area contributed by atoms with E-state index in [1.165, 1.54) is 20.9 Å². The molecule has 0 saturated carbocycles. The van der Waals surface area contributed by atoms with Crippen LogP contribution in [0.3, 0.4) is 0 Å². The Morgan fingerprint density at radius 2 is 1.94 bits per heavy atom. The second kappa shape index (κ2) is 6.72. The molecule has 106 valence electrons. The lowest BCUT2D eigenvalue weighted by atomic mass is 10.1. The van der Waals surface area contributed by atoms with Gasteiger partial charge in [-0.1, -0.05) is 6.92 Å². The molecule has 6 nitrogen and oxygen atoms in total. The number of carbonyl (C=O) groups excluding carboxylic acids is 1. The van der Waals surface area contributed by atoms with Crippen molar-refractivity contribution < 1.29 is 18.9 Å². The van der Waals surface area contributed by atoms with Crippen LogP contribution in [0.15, 0.2) is 0 Å². The van der Waals surface area contributed by atoms with Crippen LogP contribution in [-0.4, -0.2) is 56.9 Å². The summed E-state index contributed by atoms with van der Waals surface area (Å²) in [6.07, 6.45) is 2.21. The van der Waals surface area contributed by atoms with Gasteiger partial charge in [0.05, 0.1) is 0 Å². The molecule has 2 N–H and O–H groups in total. The fourth-order valence-electron chi connectivity index (χ4n) is 1.06. The Morgan fingerprint density at radius 3 is 2.33 bits per heavy atom. The van der Waals surface area contributed by atoms with Gasteiger partial charge in [0.1, 0.15) is 5.54 Å². The standard InChI is InChI=1S/C11H22N2O4S/c1-8(18(5)17)6-7-12-10(16)13(4)11(2,3)9(14)15/h8H,6-7H2,1-5H3,(H,12,16)(H,14,15). The van der Waals surface area contributed by atoms with Crippen molar-refractivity contribution in [3.63, 3.8) is 0 Å². The van der Waals surface area contributed by atoms with Gasteiger partial charge in [-0.05, 0) is 20.3 Å². The number of aliphatic carboxylic acids is 1. The molecule has 0 heterocycles. The second-order valence-electron chi connectivity index (χ2n) is 4.75. The molecule has 0 aromatic carbocycles. The van der Waals surface area contributed by atoms with Crippen molar-refractivity contribution in [3.8, 4) is 0 Å². The average Bonchev–Trinajstić information content (AvgIpc) is 2.26. The van der Waals surface area contributed by atoms with E-state index in [2.05, 4.69) is 5.32 Å². The summed E-state index contributed by atoms with van der Waals surface area (Å²) in [5.41, 5.74) is -1.26. The highest BCUT2D eigenvalue weighted by Crippen LogP contribution is 2.12. The molecule has 7 heteroatoms. The molecule has 0 aliphatic heterocycles. The lowest BCUT2D eigenvalue weighted by molar-refractivity contribution is -0.146. The molecule has 0 radical (unpaired) electrons. The molecule has 2 atom stereocenters. The molecule has 0 spiro atoms. The predicted molar refractivity (Wildman–Crippen MR) is 71.0 cm³/mol. The van der Waals surface area contributed by atoms with Crippen LogP contribution in [0, 0.1) is 0 Å². The molecular formula is C11H22N2O4S. The molecule has 0 aromatic heterocycles. The van der Waals surface area contributed by atoms with Crippen LogP contribution in [0.1, 0.15) is 27.2 Å². The summed E-state index contributed by atoms with van der Waals surface area (Å²) in [4.78, 5) is 23.8. The minimum absolute atomic E-state index is 0.00286. The Morgan fingerprint density at radius 1 is 1.44 bits per heavy atom. The van der Waals surface area contributed by atoms with E-state index in [1.54, 1.807) is 6.26 Å². The minimum atomic E-state index is -1.26. The molecule has 0 bridgehead atoms. The fourth-order valence-corrected chi connectivity index (χ4v) is 1.51. The molecule has 0 saturated heterocycles. The second-order valence-corrected chi connectivity index (χ2v) is 6.55. The molecule has 18 heavy (non-hydrogen) atoms. The highest BCUT2D eigenvalue weighted by atomic mass is 32.2. The molecule has 0 aromatic rings. The first-order valence-electron chi connectivity index (χ1n) is 5.68. The van der Waals surface area contributed by atoms with Gasteiger partial charge in [-0.15, -0.1) is 0 Å². The maximum absolute atomic E-state index is 11.7. The van der Waals surface area contributed by atoms with Crippen LogP contribution in [0.4, 0.5) is 4.79 Å². The van der Waals surface area contributed by atoms with E-state index in [9.17, 15) is 13.8 Å². The summed E-state index contributed by atoms with van der Waals surface area (Å²) >= 11 is 0. The van der Waals surface area contributed by atoms with Crippen molar-refractivity contribution in [2.24, 2.45) is 0 Å². The summed E-state index contributed by atoms with van der Waals surface area (Å²) in [6, 6.07) is -0.448. The number of likely N-dealkylation sites (N-methyl/N-ethyl adjacent to an activating group) is 1. The number of carboxylic acids is 1. The van der Waals surface area contributed by atoms with Gasteiger partial charge >= 0.3 is 12.0 Å². The van der Waals surface area contributed by atoms with Crippen LogP contribution in [0.25, 0.3) is 0 Å². The van der Waals surface area contributed by atoms with Gasteiger partial charge in [-0.2, -0.15) is 0 Å². The number of amides is 2. The number of urea groups is 1. The fraction of sp³-hybridized carbons (Fsp3) is 0.818. The number of carbonyl (C=O) groups is 2.